The first-order chi connectivity index (χ1) is 35.2. The van der Waals surface area contributed by atoms with Gasteiger partial charge in [-0.15, -0.1) is 0 Å². The third kappa shape index (κ3) is 7.89. The Hall–Kier alpha value is -5.68. The Morgan fingerprint density at radius 1 is 0.676 bits per heavy atom. The molecule has 2 unspecified atom stereocenters. The van der Waals surface area contributed by atoms with Gasteiger partial charge in [-0.1, -0.05) is 48.5 Å². The fourth-order valence-corrected chi connectivity index (χ4v) is 12.8. The van der Waals surface area contributed by atoms with Crippen LogP contribution in [0, 0.1) is 5.92 Å². The number of ether oxygens (including phenoxy) is 6. The molecule has 19 nitrogen and oxygen atoms in total. The molecule has 0 saturated carbocycles. The molecule has 0 aromatic heterocycles. The molecule has 8 aliphatic rings. The minimum atomic E-state index is -1.28. The van der Waals surface area contributed by atoms with Crippen LogP contribution < -0.4 is 16.8 Å². The van der Waals surface area contributed by atoms with Crippen molar-refractivity contribution in [2.75, 3.05) is 13.3 Å². The summed E-state index contributed by atoms with van der Waals surface area (Å²) in [6.07, 6.45) is -3.60. The molecule has 0 radical (unpaired) electrons. The molecular formula is C55H61N3O16. The van der Waals surface area contributed by atoms with Crippen molar-refractivity contribution in [3.63, 3.8) is 0 Å². The first kappa shape index (κ1) is 50.5. The molecule has 4 heterocycles. The van der Waals surface area contributed by atoms with Crippen LogP contribution in [0.2, 0.25) is 0 Å². The largest absolute Gasteiger partial charge is 0.507 e. The van der Waals surface area contributed by atoms with E-state index in [1.165, 1.54) is 19.1 Å². The predicted molar refractivity (Wildman–Crippen MR) is 260 cm³/mol. The van der Waals surface area contributed by atoms with E-state index in [9.17, 15) is 49.8 Å². The fraction of sp³-hybridized carbons (Fsp3) is 0.491. The van der Waals surface area contributed by atoms with Crippen LogP contribution in [0.15, 0.2) is 48.5 Å². The summed E-state index contributed by atoms with van der Waals surface area (Å²) in [5, 5.41) is 70.0. The standard InChI is InChI=1S/C29H31NO8.C26H30N2O8/c1-13-28-15(7-8-35-28)9-20(37-13)38-19-11-29(14(2)36-12-30-29)10-18-21(19)27(34)23-22(26(18)33)24(31)16-5-3-4-6-17(16)25(23)32;1-10-21(30)15(27)7-17(35-10)36-16-9-26(28,11(2)29)8-14-18(16)25(34)20-19(24(14)33)22(31)12-5-3-4-6-13(12)23(20)32/h3-6,13-15,19-20,28,30,33-34H,7-12H2,1-2H3;3-6,10-11,15-17,21,29-30,33-34H,7-9,27-28H2,1-2H3/t13-,14?,15-,19-,20-,28+,29-;10-,11?,15-,16-,17-,21+,26-/m00/s1. The van der Waals surface area contributed by atoms with Crippen molar-refractivity contribution in [1.82, 2.24) is 5.32 Å². The predicted octanol–water partition coefficient (Wildman–Crippen LogP) is 3.90. The number of rotatable bonds is 5. The van der Waals surface area contributed by atoms with Gasteiger partial charge in [0.2, 0.25) is 0 Å². The van der Waals surface area contributed by atoms with Gasteiger partial charge in [0.1, 0.15) is 23.0 Å². The molecular weight excluding hydrogens is 959 g/mol. The molecule has 4 saturated heterocycles. The lowest BCUT2D eigenvalue weighted by molar-refractivity contribution is -0.249. The molecule has 4 aromatic rings. The van der Waals surface area contributed by atoms with E-state index in [-0.39, 0.29) is 105 Å². The highest BCUT2D eigenvalue weighted by atomic mass is 16.7. The van der Waals surface area contributed by atoms with Crippen molar-refractivity contribution in [3.8, 4) is 23.0 Å². The maximum absolute atomic E-state index is 13.5. The van der Waals surface area contributed by atoms with Gasteiger partial charge >= 0.3 is 0 Å². The summed E-state index contributed by atoms with van der Waals surface area (Å²) in [5.41, 5.74) is 11.5. The number of nitrogens with two attached hydrogens (primary N) is 2. The number of carbonyl (C=O) groups excluding carboxylic acids is 4. The quantitative estimate of drug-likeness (QED) is 0.111. The Balaban J connectivity index is 0.000000159. The average molecular weight is 1020 g/mol. The molecule has 11 N–H and O–H groups in total. The Kier molecular flexibility index (Phi) is 12.7. The lowest BCUT2D eigenvalue weighted by Gasteiger charge is -2.44. The molecule has 0 amide bonds. The van der Waals surface area contributed by atoms with E-state index >= 15 is 0 Å². The highest BCUT2D eigenvalue weighted by molar-refractivity contribution is 6.31. The Labute approximate surface area is 425 Å². The monoisotopic (exact) mass is 1020 g/mol. The van der Waals surface area contributed by atoms with E-state index in [0.717, 1.165) is 6.42 Å². The number of hydrogen-bond acceptors (Lipinski definition) is 19. The van der Waals surface area contributed by atoms with Crippen molar-refractivity contribution in [2.24, 2.45) is 17.4 Å². The first-order valence-corrected chi connectivity index (χ1v) is 25.3. The van der Waals surface area contributed by atoms with E-state index in [2.05, 4.69) is 5.32 Å². The van der Waals surface area contributed by atoms with E-state index in [1.807, 2.05) is 13.8 Å². The van der Waals surface area contributed by atoms with Crippen LogP contribution in [0.1, 0.15) is 158 Å². The van der Waals surface area contributed by atoms with Gasteiger partial charge < -0.3 is 70.5 Å². The third-order valence-corrected chi connectivity index (χ3v) is 17.0. The minimum absolute atomic E-state index is 0.0220. The van der Waals surface area contributed by atoms with Crippen LogP contribution in [0.3, 0.4) is 0 Å². The van der Waals surface area contributed by atoms with Crippen molar-refractivity contribution < 1.29 is 78.2 Å². The average Bonchev–Trinajstić information content (AvgIpc) is 4.01. The van der Waals surface area contributed by atoms with Gasteiger partial charge in [0.15, 0.2) is 35.7 Å². The molecule has 4 aliphatic carbocycles. The fourth-order valence-electron chi connectivity index (χ4n) is 12.8. The molecule has 12 rings (SSSR count). The highest BCUT2D eigenvalue weighted by Gasteiger charge is 2.53. The van der Waals surface area contributed by atoms with Crippen LogP contribution in [0.5, 0.6) is 23.0 Å². The second-order valence-corrected chi connectivity index (χ2v) is 21.3. The zero-order valence-corrected chi connectivity index (χ0v) is 41.3. The summed E-state index contributed by atoms with van der Waals surface area (Å²) in [6, 6.07) is 12.1. The van der Waals surface area contributed by atoms with Crippen LogP contribution in [-0.2, 0) is 41.3 Å². The number of phenols is 4. The second-order valence-electron chi connectivity index (χ2n) is 21.3. The van der Waals surface area contributed by atoms with Crippen molar-refractivity contribution in [1.29, 1.82) is 0 Å². The number of hydrogen-bond donors (Lipinski definition) is 9. The van der Waals surface area contributed by atoms with Crippen LogP contribution >= 0.6 is 0 Å². The topological polar surface area (TPSA) is 309 Å². The van der Waals surface area contributed by atoms with Crippen molar-refractivity contribution in [3.05, 3.63) is 115 Å². The van der Waals surface area contributed by atoms with E-state index in [0.29, 0.717) is 49.6 Å². The maximum atomic E-state index is 13.5. The molecule has 392 valence electrons. The summed E-state index contributed by atoms with van der Waals surface area (Å²) in [7, 11) is 0. The molecule has 14 atom stereocenters. The molecule has 0 bridgehead atoms. The van der Waals surface area contributed by atoms with Crippen molar-refractivity contribution >= 4 is 23.1 Å². The number of aliphatic hydroxyl groups is 2. The molecule has 1 spiro atoms. The molecule has 4 fully saturated rings. The van der Waals surface area contributed by atoms with Crippen molar-refractivity contribution in [2.45, 2.75) is 151 Å². The normalized spacial score (nSPS) is 34.1. The summed E-state index contributed by atoms with van der Waals surface area (Å²) in [4.78, 5) is 53.7. The van der Waals surface area contributed by atoms with Crippen LogP contribution in [0.25, 0.3) is 0 Å². The van der Waals surface area contributed by atoms with Crippen LogP contribution in [-0.4, -0.2) is 133 Å². The lowest BCUT2D eigenvalue weighted by Crippen LogP contribution is -2.56. The minimum Gasteiger partial charge on any atom is -0.507 e. The van der Waals surface area contributed by atoms with Gasteiger partial charge in [-0.05, 0) is 65.7 Å². The molecule has 4 aliphatic heterocycles. The number of carbonyl (C=O) groups is 4. The SMILES string of the molecule is CC(O)[C@]1(N)Cc2c(O)c3c(c(O)c2[C@@H](O[C@H]2C[C@H](N)[C@H](O)[C@H](C)O2)C1)C(=O)c1ccccc1C3=O.CC1OCN[C@]12Cc1c(O)c3c(c(O)c1[C@@H](O[C@H]1C[C@@H]4CCO[C@@H]4[C@H](C)O1)C2)C(=O)c1ccccc1C3=O. The van der Waals surface area contributed by atoms with E-state index in [4.69, 9.17) is 39.9 Å². The molecule has 4 aromatic carbocycles. The van der Waals surface area contributed by atoms with Crippen LogP contribution in [0.4, 0.5) is 0 Å². The number of ketones is 4. The smallest absolute Gasteiger partial charge is 0.198 e. The number of benzene rings is 4. The molecule has 19 heteroatoms. The summed E-state index contributed by atoms with van der Waals surface area (Å²) in [5.74, 6) is -3.39. The summed E-state index contributed by atoms with van der Waals surface area (Å²) in [6.45, 7) is 8.13. The number of aliphatic hydroxyl groups excluding tert-OH is 2. The van der Waals surface area contributed by atoms with E-state index < -0.39 is 94.9 Å². The van der Waals surface area contributed by atoms with E-state index in [1.54, 1.807) is 43.3 Å². The lowest BCUT2D eigenvalue weighted by atomic mass is 9.70. The number of aromatic hydroxyl groups is 4. The Morgan fingerprint density at radius 2 is 1.15 bits per heavy atom. The second kappa shape index (κ2) is 18.6. The summed E-state index contributed by atoms with van der Waals surface area (Å²) < 4.78 is 36.4. The van der Waals surface area contributed by atoms with Gasteiger partial charge in [0.25, 0.3) is 0 Å². The number of nitrogens with one attached hydrogen (secondary N) is 1. The molecule has 74 heavy (non-hydrogen) atoms. The number of fused-ring (bicyclic) bond motifs is 7. The van der Waals surface area contributed by atoms with Gasteiger partial charge in [-0.2, -0.15) is 0 Å². The Bertz CT molecular complexity index is 3000. The van der Waals surface area contributed by atoms with Gasteiger partial charge in [-0.3, -0.25) is 24.5 Å². The summed E-state index contributed by atoms with van der Waals surface area (Å²) >= 11 is 0. The zero-order valence-electron chi connectivity index (χ0n) is 41.3. The maximum Gasteiger partial charge on any atom is 0.198 e. The highest BCUT2D eigenvalue weighted by Crippen LogP contribution is 2.55. The number of phenolic OH excluding ortho intramolecular Hbond substituents is 4. The van der Waals surface area contributed by atoms with Gasteiger partial charge in [0.05, 0.1) is 83.4 Å². The first-order valence-electron chi connectivity index (χ1n) is 25.3. The zero-order chi connectivity index (χ0) is 52.4. The Morgan fingerprint density at radius 3 is 1.64 bits per heavy atom. The van der Waals surface area contributed by atoms with Gasteiger partial charge in [-0.25, -0.2) is 0 Å². The third-order valence-electron chi connectivity index (χ3n) is 17.0. The van der Waals surface area contributed by atoms with Gasteiger partial charge in [0, 0.05) is 75.5 Å².